The van der Waals surface area contributed by atoms with E-state index in [1.54, 1.807) is 4.90 Å². The molecule has 18 heavy (non-hydrogen) atoms. The number of aliphatic carboxylic acids is 1. The van der Waals surface area contributed by atoms with Crippen molar-refractivity contribution in [1.82, 2.24) is 9.80 Å². The summed E-state index contributed by atoms with van der Waals surface area (Å²) in [6, 6.07) is 0.00884. The first-order valence-electron chi connectivity index (χ1n) is 6.54. The molecule has 1 heterocycles. The highest BCUT2D eigenvalue weighted by molar-refractivity contribution is 5.77. The van der Waals surface area contributed by atoms with E-state index in [4.69, 9.17) is 10.8 Å². The molecule has 0 aromatic heterocycles. The fourth-order valence-electron chi connectivity index (χ4n) is 2.37. The molecule has 6 heteroatoms. The summed E-state index contributed by atoms with van der Waals surface area (Å²) < 4.78 is 0. The minimum Gasteiger partial charge on any atom is -0.480 e. The Hall–Kier alpha value is -1.14. The first-order valence-corrected chi connectivity index (χ1v) is 6.54. The lowest BCUT2D eigenvalue weighted by atomic mass is 10.1. The van der Waals surface area contributed by atoms with Crippen LogP contribution >= 0.6 is 0 Å². The summed E-state index contributed by atoms with van der Waals surface area (Å²) in [5, 5.41) is 8.69. The smallest absolute Gasteiger partial charge is 0.317 e. The number of nitrogens with two attached hydrogens (primary N) is 1. The molecule has 1 saturated heterocycles. The molecule has 1 unspecified atom stereocenters. The van der Waals surface area contributed by atoms with Crippen molar-refractivity contribution < 1.29 is 14.7 Å². The Morgan fingerprint density at radius 2 is 1.83 bits per heavy atom. The lowest BCUT2D eigenvalue weighted by Gasteiger charge is -2.34. The molecule has 3 N–H and O–H groups in total. The summed E-state index contributed by atoms with van der Waals surface area (Å²) >= 11 is 0. The Kier molecular flexibility index (Phi) is 4.19. The zero-order valence-electron chi connectivity index (χ0n) is 10.5. The second kappa shape index (κ2) is 5.67. The third-order valence-electron chi connectivity index (χ3n) is 3.72. The molecule has 1 aliphatic carbocycles. The highest BCUT2D eigenvalue weighted by Crippen LogP contribution is 2.33. The van der Waals surface area contributed by atoms with Crippen LogP contribution in [0.2, 0.25) is 0 Å². The van der Waals surface area contributed by atoms with Crippen molar-refractivity contribution in [3.8, 4) is 0 Å². The molecule has 6 nitrogen and oxygen atoms in total. The van der Waals surface area contributed by atoms with Gasteiger partial charge in [0.15, 0.2) is 0 Å². The van der Waals surface area contributed by atoms with Gasteiger partial charge in [-0.2, -0.15) is 0 Å². The van der Waals surface area contributed by atoms with Crippen LogP contribution in [-0.4, -0.2) is 65.5 Å². The van der Waals surface area contributed by atoms with Crippen molar-refractivity contribution in [3.05, 3.63) is 0 Å². The monoisotopic (exact) mass is 255 g/mol. The molecule has 1 saturated carbocycles. The maximum absolute atomic E-state index is 12.0. The lowest BCUT2D eigenvalue weighted by molar-refractivity contribution is -0.139. The van der Waals surface area contributed by atoms with Gasteiger partial charge in [-0.25, -0.2) is 0 Å². The Morgan fingerprint density at radius 3 is 2.33 bits per heavy atom. The maximum atomic E-state index is 12.0. The van der Waals surface area contributed by atoms with E-state index in [1.165, 1.54) is 0 Å². The molecule has 2 fully saturated rings. The zero-order chi connectivity index (χ0) is 13.1. The molecule has 102 valence electrons. The largest absolute Gasteiger partial charge is 0.480 e. The zero-order valence-corrected chi connectivity index (χ0v) is 10.5. The topological polar surface area (TPSA) is 86.9 Å². The minimum absolute atomic E-state index is 0.00884. The number of piperazine rings is 1. The van der Waals surface area contributed by atoms with E-state index in [1.807, 2.05) is 4.90 Å². The van der Waals surface area contributed by atoms with E-state index in [2.05, 4.69) is 0 Å². The van der Waals surface area contributed by atoms with Crippen molar-refractivity contribution in [2.24, 2.45) is 11.7 Å². The first-order chi connectivity index (χ1) is 8.56. The Balaban J connectivity index is 1.71. The van der Waals surface area contributed by atoms with Crippen LogP contribution in [0.15, 0.2) is 0 Å². The molecule has 0 spiro atoms. The van der Waals surface area contributed by atoms with Gasteiger partial charge < -0.3 is 15.7 Å². The number of amides is 1. The van der Waals surface area contributed by atoms with Gasteiger partial charge in [0, 0.05) is 38.6 Å². The van der Waals surface area contributed by atoms with Crippen LogP contribution in [0.25, 0.3) is 0 Å². The number of hydrogen-bond acceptors (Lipinski definition) is 4. The van der Waals surface area contributed by atoms with Crippen LogP contribution in [0.3, 0.4) is 0 Å². The summed E-state index contributed by atoms with van der Waals surface area (Å²) in [5.74, 6) is -0.155. The lowest BCUT2D eigenvalue weighted by Crippen LogP contribution is -2.50. The van der Waals surface area contributed by atoms with Gasteiger partial charge in [0.25, 0.3) is 0 Å². The van der Waals surface area contributed by atoms with Crippen molar-refractivity contribution in [1.29, 1.82) is 0 Å². The average Bonchev–Trinajstić information content (AvgIpc) is 3.12. The predicted molar refractivity (Wildman–Crippen MR) is 66.0 cm³/mol. The van der Waals surface area contributed by atoms with E-state index >= 15 is 0 Å². The number of carboxylic acids is 1. The van der Waals surface area contributed by atoms with Crippen LogP contribution in [0.4, 0.5) is 0 Å². The third kappa shape index (κ3) is 3.68. The second-order valence-electron chi connectivity index (χ2n) is 5.26. The van der Waals surface area contributed by atoms with Crippen molar-refractivity contribution in [2.75, 3.05) is 32.7 Å². The Bertz CT molecular complexity index is 323. The highest BCUT2D eigenvalue weighted by atomic mass is 16.4. The molecule has 0 radical (unpaired) electrons. The maximum Gasteiger partial charge on any atom is 0.317 e. The Morgan fingerprint density at radius 1 is 1.22 bits per heavy atom. The van der Waals surface area contributed by atoms with Crippen molar-refractivity contribution >= 4 is 11.9 Å². The number of hydrogen-bond donors (Lipinski definition) is 2. The number of nitrogens with zero attached hydrogens (tertiary/aromatic N) is 2. The van der Waals surface area contributed by atoms with Crippen LogP contribution in [0, 0.1) is 5.92 Å². The van der Waals surface area contributed by atoms with Gasteiger partial charge in [0.05, 0.1) is 6.54 Å². The summed E-state index contributed by atoms with van der Waals surface area (Å²) in [6.07, 6.45) is 2.74. The van der Waals surface area contributed by atoms with Gasteiger partial charge in [-0.15, -0.1) is 0 Å². The first kappa shape index (κ1) is 13.3. The number of carbonyl (C=O) groups excluding carboxylic acids is 1. The molecule has 1 atom stereocenters. The molecule has 0 aromatic rings. The molecule has 1 aliphatic heterocycles. The Labute approximate surface area is 107 Å². The number of carboxylic acid groups (broad SMARTS) is 1. The average molecular weight is 255 g/mol. The predicted octanol–water partition coefficient (Wildman–Crippen LogP) is -0.657. The highest BCUT2D eigenvalue weighted by Gasteiger charge is 2.31. The van der Waals surface area contributed by atoms with Crippen LogP contribution in [-0.2, 0) is 9.59 Å². The SMILES string of the molecule is NC(CC(=O)N1CCN(CC(=O)O)CC1)C1CC1. The second-order valence-corrected chi connectivity index (χ2v) is 5.26. The fourth-order valence-corrected chi connectivity index (χ4v) is 2.37. The summed E-state index contributed by atoms with van der Waals surface area (Å²) in [7, 11) is 0. The fraction of sp³-hybridized carbons (Fsp3) is 0.833. The molecular weight excluding hydrogens is 234 g/mol. The van der Waals surface area contributed by atoms with Gasteiger partial charge in [-0.05, 0) is 18.8 Å². The van der Waals surface area contributed by atoms with Crippen molar-refractivity contribution in [2.45, 2.75) is 25.3 Å². The normalized spacial score (nSPS) is 22.8. The van der Waals surface area contributed by atoms with E-state index in [0.717, 1.165) is 12.8 Å². The van der Waals surface area contributed by atoms with Gasteiger partial charge in [0.2, 0.25) is 5.91 Å². The van der Waals surface area contributed by atoms with E-state index < -0.39 is 5.97 Å². The summed E-state index contributed by atoms with van der Waals surface area (Å²) in [6.45, 7) is 2.56. The van der Waals surface area contributed by atoms with Gasteiger partial charge in [0.1, 0.15) is 0 Å². The van der Waals surface area contributed by atoms with Gasteiger partial charge in [-0.3, -0.25) is 14.5 Å². The van der Waals surface area contributed by atoms with E-state index in [9.17, 15) is 9.59 Å². The number of carbonyl (C=O) groups is 2. The minimum atomic E-state index is -0.814. The van der Waals surface area contributed by atoms with Gasteiger partial charge >= 0.3 is 5.97 Å². The summed E-state index contributed by atoms with van der Waals surface area (Å²) in [4.78, 5) is 26.2. The standard InChI is InChI=1S/C12H21N3O3/c13-10(9-1-2-9)7-11(16)15-5-3-14(4-6-15)8-12(17)18/h9-10H,1-8,13H2,(H,17,18). The summed E-state index contributed by atoms with van der Waals surface area (Å²) in [5.41, 5.74) is 5.94. The van der Waals surface area contributed by atoms with Crippen LogP contribution < -0.4 is 5.73 Å². The third-order valence-corrected chi connectivity index (χ3v) is 3.72. The molecule has 0 bridgehead atoms. The van der Waals surface area contributed by atoms with Gasteiger partial charge in [-0.1, -0.05) is 0 Å². The van der Waals surface area contributed by atoms with E-state index in [-0.39, 0.29) is 18.5 Å². The van der Waals surface area contributed by atoms with Crippen molar-refractivity contribution in [3.63, 3.8) is 0 Å². The molecule has 2 aliphatic rings. The quantitative estimate of drug-likeness (QED) is 0.681. The van der Waals surface area contributed by atoms with Crippen LogP contribution in [0.5, 0.6) is 0 Å². The molecule has 0 aromatic carbocycles. The number of rotatable bonds is 5. The molecule has 2 rings (SSSR count). The molecule has 1 amide bonds. The van der Waals surface area contributed by atoms with Crippen LogP contribution in [0.1, 0.15) is 19.3 Å². The van der Waals surface area contributed by atoms with E-state index in [0.29, 0.717) is 38.5 Å². The molecular formula is C12H21N3O3.